The van der Waals surface area contributed by atoms with Crippen molar-refractivity contribution >= 4 is 17.8 Å². The first kappa shape index (κ1) is 19.4. The van der Waals surface area contributed by atoms with Crippen molar-refractivity contribution in [2.24, 2.45) is 0 Å². The number of benzene rings is 1. The highest BCUT2D eigenvalue weighted by Crippen LogP contribution is 2.21. The molecule has 0 saturated heterocycles. The van der Waals surface area contributed by atoms with E-state index in [1.165, 1.54) is 6.08 Å². The van der Waals surface area contributed by atoms with Gasteiger partial charge in [-0.25, -0.2) is 4.79 Å². The first-order valence-electron chi connectivity index (χ1n) is 8.92. The van der Waals surface area contributed by atoms with E-state index in [0.717, 1.165) is 22.5 Å². The standard InChI is InChI=1S/C22H22N2O4/c1-14-5-7-18(8-6-14)9-10-22(26)27-13-20(25)19-11-15(2)24(17(19)4)21-12-16(3)28-23-21/h5-12H,13H2,1-4H3/b10-9+. The minimum Gasteiger partial charge on any atom is -0.454 e. The zero-order valence-electron chi connectivity index (χ0n) is 16.4. The number of esters is 1. The van der Waals surface area contributed by atoms with Gasteiger partial charge in [0.05, 0.1) is 0 Å². The largest absolute Gasteiger partial charge is 0.454 e. The van der Waals surface area contributed by atoms with Crippen LogP contribution in [-0.4, -0.2) is 28.1 Å². The number of rotatable bonds is 6. The summed E-state index contributed by atoms with van der Waals surface area (Å²) in [5, 5.41) is 4.00. The quantitative estimate of drug-likeness (QED) is 0.366. The number of hydrogen-bond donors (Lipinski definition) is 0. The number of ether oxygens (including phenoxy) is 1. The summed E-state index contributed by atoms with van der Waals surface area (Å²) in [6.07, 6.45) is 2.98. The molecule has 0 aliphatic heterocycles. The lowest BCUT2D eigenvalue weighted by molar-refractivity contribution is -0.136. The molecule has 6 heteroatoms. The van der Waals surface area contributed by atoms with Gasteiger partial charge in [-0.3, -0.25) is 9.36 Å². The Kier molecular flexibility index (Phi) is 5.59. The summed E-state index contributed by atoms with van der Waals surface area (Å²) in [4.78, 5) is 24.4. The summed E-state index contributed by atoms with van der Waals surface area (Å²) < 4.78 is 12.0. The lowest BCUT2D eigenvalue weighted by Gasteiger charge is -2.05. The first-order valence-corrected chi connectivity index (χ1v) is 8.92. The van der Waals surface area contributed by atoms with Crippen molar-refractivity contribution in [2.75, 3.05) is 6.61 Å². The van der Waals surface area contributed by atoms with Crippen LogP contribution in [0.2, 0.25) is 0 Å². The van der Waals surface area contributed by atoms with E-state index in [1.807, 2.05) is 49.6 Å². The van der Waals surface area contributed by atoms with Crippen LogP contribution in [0.1, 0.15) is 38.6 Å². The van der Waals surface area contributed by atoms with Crippen molar-refractivity contribution in [3.8, 4) is 5.82 Å². The van der Waals surface area contributed by atoms with Crippen LogP contribution in [0.15, 0.2) is 47.0 Å². The van der Waals surface area contributed by atoms with Crippen molar-refractivity contribution in [2.45, 2.75) is 27.7 Å². The Labute approximate surface area is 163 Å². The molecule has 0 unspecified atom stereocenters. The zero-order chi connectivity index (χ0) is 20.3. The molecule has 0 N–H and O–H groups in total. The lowest BCUT2D eigenvalue weighted by atomic mass is 10.1. The van der Waals surface area contributed by atoms with Gasteiger partial charge in [-0.2, -0.15) is 0 Å². The molecule has 0 atom stereocenters. The molecule has 0 bridgehead atoms. The lowest BCUT2D eigenvalue weighted by Crippen LogP contribution is -2.13. The molecule has 6 nitrogen and oxygen atoms in total. The van der Waals surface area contributed by atoms with Crippen LogP contribution < -0.4 is 0 Å². The van der Waals surface area contributed by atoms with E-state index in [4.69, 9.17) is 9.26 Å². The van der Waals surface area contributed by atoms with Gasteiger partial charge in [0.25, 0.3) is 0 Å². The highest BCUT2D eigenvalue weighted by atomic mass is 16.5. The summed E-state index contributed by atoms with van der Waals surface area (Å²) in [5.41, 5.74) is 4.10. The number of Topliss-reactive ketones (excluding diaryl/α,β-unsaturated/α-hetero) is 1. The number of aryl methyl sites for hydroxylation is 3. The van der Waals surface area contributed by atoms with Crippen LogP contribution in [0.5, 0.6) is 0 Å². The highest BCUT2D eigenvalue weighted by molar-refractivity contribution is 6.00. The Balaban J connectivity index is 1.65. The molecule has 2 aromatic heterocycles. The smallest absolute Gasteiger partial charge is 0.331 e. The molecule has 0 aliphatic rings. The molecule has 28 heavy (non-hydrogen) atoms. The molecule has 3 aromatic rings. The van der Waals surface area contributed by atoms with Crippen LogP contribution in [0, 0.1) is 27.7 Å². The maximum absolute atomic E-state index is 12.5. The normalized spacial score (nSPS) is 11.1. The third kappa shape index (κ3) is 4.28. The summed E-state index contributed by atoms with van der Waals surface area (Å²) in [6, 6.07) is 11.3. The third-order valence-electron chi connectivity index (χ3n) is 4.41. The van der Waals surface area contributed by atoms with Gasteiger partial charge in [-0.1, -0.05) is 35.0 Å². The fourth-order valence-electron chi connectivity index (χ4n) is 2.96. The molecule has 144 valence electrons. The summed E-state index contributed by atoms with van der Waals surface area (Å²) in [7, 11) is 0. The average Bonchev–Trinajstić information content (AvgIpc) is 3.21. The molecule has 3 rings (SSSR count). The monoisotopic (exact) mass is 378 g/mol. The number of nitrogens with zero attached hydrogens (tertiary/aromatic N) is 2. The maximum atomic E-state index is 12.5. The van der Waals surface area contributed by atoms with E-state index in [0.29, 0.717) is 17.1 Å². The highest BCUT2D eigenvalue weighted by Gasteiger charge is 2.19. The predicted octanol–water partition coefficient (Wildman–Crippen LogP) is 4.14. The molecular weight excluding hydrogens is 356 g/mol. The van der Waals surface area contributed by atoms with E-state index in [9.17, 15) is 9.59 Å². The predicted molar refractivity (Wildman–Crippen MR) is 106 cm³/mol. The van der Waals surface area contributed by atoms with Crippen molar-refractivity contribution in [1.29, 1.82) is 0 Å². The molecule has 2 heterocycles. The minimum atomic E-state index is -0.560. The number of carbonyl (C=O) groups excluding carboxylic acids is 2. The molecule has 0 amide bonds. The van der Waals surface area contributed by atoms with Crippen molar-refractivity contribution in [3.05, 3.63) is 76.3 Å². The van der Waals surface area contributed by atoms with Gasteiger partial charge in [-0.05, 0) is 45.4 Å². The Bertz CT molecular complexity index is 1040. The van der Waals surface area contributed by atoms with Gasteiger partial charge >= 0.3 is 5.97 Å². The second kappa shape index (κ2) is 8.08. The van der Waals surface area contributed by atoms with E-state index in [-0.39, 0.29) is 12.4 Å². The Hall–Kier alpha value is -3.41. The van der Waals surface area contributed by atoms with Crippen LogP contribution in [0.25, 0.3) is 11.9 Å². The SMILES string of the molecule is Cc1ccc(/C=C/C(=O)OCC(=O)c2cc(C)n(-c3cc(C)on3)c2C)cc1. The van der Waals surface area contributed by atoms with Crippen LogP contribution in [-0.2, 0) is 9.53 Å². The van der Waals surface area contributed by atoms with Gasteiger partial charge in [0, 0.05) is 29.1 Å². The minimum absolute atomic E-state index is 0.267. The first-order chi connectivity index (χ1) is 13.3. The number of ketones is 1. The fraction of sp³-hybridized carbons (Fsp3) is 0.227. The Morgan fingerprint density at radius 1 is 1.11 bits per heavy atom. The molecule has 0 radical (unpaired) electrons. The number of carbonyl (C=O) groups is 2. The van der Waals surface area contributed by atoms with Gasteiger partial charge < -0.3 is 9.26 Å². The summed E-state index contributed by atoms with van der Waals surface area (Å²) >= 11 is 0. The molecular formula is C22H22N2O4. The zero-order valence-corrected chi connectivity index (χ0v) is 16.4. The van der Waals surface area contributed by atoms with E-state index in [2.05, 4.69) is 5.16 Å². The molecule has 0 spiro atoms. The molecule has 0 fully saturated rings. The van der Waals surface area contributed by atoms with Gasteiger partial charge in [0.15, 0.2) is 12.4 Å². The van der Waals surface area contributed by atoms with Gasteiger partial charge in [0.2, 0.25) is 5.78 Å². The van der Waals surface area contributed by atoms with Crippen LogP contribution >= 0.6 is 0 Å². The number of hydrogen-bond acceptors (Lipinski definition) is 5. The fourth-order valence-corrected chi connectivity index (χ4v) is 2.96. The van der Waals surface area contributed by atoms with Crippen LogP contribution in [0.3, 0.4) is 0 Å². The topological polar surface area (TPSA) is 74.3 Å². The van der Waals surface area contributed by atoms with E-state index in [1.54, 1.807) is 25.1 Å². The average molecular weight is 378 g/mol. The van der Waals surface area contributed by atoms with Crippen LogP contribution in [0.4, 0.5) is 0 Å². The summed E-state index contributed by atoms with van der Waals surface area (Å²) in [5.74, 6) is 0.473. The van der Waals surface area contributed by atoms with E-state index < -0.39 is 5.97 Å². The second-order valence-electron chi connectivity index (χ2n) is 6.69. The van der Waals surface area contributed by atoms with Crippen molar-refractivity contribution < 1.29 is 18.8 Å². The van der Waals surface area contributed by atoms with E-state index >= 15 is 0 Å². The maximum Gasteiger partial charge on any atom is 0.331 e. The third-order valence-corrected chi connectivity index (χ3v) is 4.41. The van der Waals surface area contributed by atoms with Gasteiger partial charge in [-0.15, -0.1) is 0 Å². The molecule has 0 aliphatic carbocycles. The van der Waals surface area contributed by atoms with Crippen molar-refractivity contribution in [3.63, 3.8) is 0 Å². The van der Waals surface area contributed by atoms with Crippen molar-refractivity contribution in [1.82, 2.24) is 9.72 Å². The van der Waals surface area contributed by atoms with Gasteiger partial charge in [0.1, 0.15) is 5.76 Å². The molecule has 1 aromatic carbocycles. The number of aromatic nitrogens is 2. The second-order valence-corrected chi connectivity index (χ2v) is 6.69. The summed E-state index contributed by atoms with van der Waals surface area (Å²) in [6.45, 7) is 7.18. The molecule has 0 saturated carbocycles. The Morgan fingerprint density at radius 2 is 1.82 bits per heavy atom. The Morgan fingerprint density at radius 3 is 2.46 bits per heavy atom.